The first-order valence-corrected chi connectivity index (χ1v) is 7.60. The number of sulfone groups is 1. The van der Waals surface area contributed by atoms with E-state index in [-0.39, 0.29) is 16.7 Å². The number of aromatic nitrogens is 2. The maximum Gasteiger partial charge on any atom is 0.164 e. The second kappa shape index (κ2) is 4.46. The average Bonchev–Trinajstić information content (AvgIpc) is 2.22. The Morgan fingerprint density at radius 3 is 2.56 bits per heavy atom. The molecule has 1 aromatic heterocycles. The van der Waals surface area contributed by atoms with E-state index in [1.165, 1.54) is 0 Å². The largest absolute Gasteiger partial charge is 0.353 e. The molecule has 0 atom stereocenters. The molecule has 2 heterocycles. The van der Waals surface area contributed by atoms with E-state index in [9.17, 15) is 8.42 Å². The van der Waals surface area contributed by atoms with Crippen LogP contribution >= 0.6 is 27.5 Å². The van der Waals surface area contributed by atoms with Crippen LogP contribution in [0.2, 0.25) is 5.15 Å². The van der Waals surface area contributed by atoms with Gasteiger partial charge in [-0.1, -0.05) is 11.6 Å². The lowest BCUT2D eigenvalue weighted by atomic mass is 10.5. The summed E-state index contributed by atoms with van der Waals surface area (Å²) >= 11 is 8.98. The van der Waals surface area contributed by atoms with Gasteiger partial charge < -0.3 is 4.90 Å². The van der Waals surface area contributed by atoms with E-state index in [1.807, 2.05) is 4.90 Å². The number of nitrogens with zero attached hydrogens (tertiary/aromatic N) is 3. The maximum atomic E-state index is 11.3. The lowest BCUT2D eigenvalue weighted by Gasteiger charge is -2.27. The van der Waals surface area contributed by atoms with Crippen molar-refractivity contribution in [3.63, 3.8) is 0 Å². The Balaban J connectivity index is 2.17. The molecule has 0 unspecified atom stereocenters. The first kappa shape index (κ1) is 12.1. The van der Waals surface area contributed by atoms with Gasteiger partial charge in [-0.05, 0) is 15.9 Å². The SMILES string of the molecule is O=S1(=O)CCN(c2cnc(Br)c(Cl)n2)CC1. The Hall–Kier alpha value is -0.400. The first-order chi connectivity index (χ1) is 7.48. The first-order valence-electron chi connectivity index (χ1n) is 4.61. The molecular weight excluding hydrogens is 318 g/mol. The Bertz CT molecular complexity index is 494. The van der Waals surface area contributed by atoms with E-state index in [0.29, 0.717) is 23.5 Å². The van der Waals surface area contributed by atoms with Crippen molar-refractivity contribution >= 4 is 43.2 Å². The van der Waals surface area contributed by atoms with Gasteiger partial charge in [0.25, 0.3) is 0 Å². The highest BCUT2D eigenvalue weighted by Crippen LogP contribution is 2.21. The predicted molar refractivity (Wildman–Crippen MR) is 65.6 cm³/mol. The molecule has 0 amide bonds. The van der Waals surface area contributed by atoms with Gasteiger partial charge in [0, 0.05) is 13.1 Å². The molecular formula is C8H9BrClN3O2S. The van der Waals surface area contributed by atoms with E-state index in [0.717, 1.165) is 0 Å². The minimum absolute atomic E-state index is 0.155. The summed E-state index contributed by atoms with van der Waals surface area (Å²) in [6.45, 7) is 0.879. The second-order valence-electron chi connectivity index (χ2n) is 3.45. The summed E-state index contributed by atoms with van der Waals surface area (Å²) in [5, 5.41) is 0.283. The number of halogens is 2. The molecule has 2 rings (SSSR count). The molecule has 1 aliphatic heterocycles. The maximum absolute atomic E-state index is 11.3. The van der Waals surface area contributed by atoms with Crippen LogP contribution in [0, 0.1) is 0 Å². The minimum Gasteiger partial charge on any atom is -0.353 e. The zero-order valence-corrected chi connectivity index (χ0v) is 11.4. The van der Waals surface area contributed by atoms with E-state index in [1.54, 1.807) is 6.20 Å². The molecule has 1 saturated heterocycles. The Kier molecular flexibility index (Phi) is 3.37. The highest BCUT2D eigenvalue weighted by molar-refractivity contribution is 9.10. The lowest BCUT2D eigenvalue weighted by molar-refractivity contribution is 0.586. The molecule has 5 nitrogen and oxygen atoms in total. The molecule has 8 heteroatoms. The van der Waals surface area contributed by atoms with Crippen LogP contribution in [0.15, 0.2) is 10.8 Å². The van der Waals surface area contributed by atoms with Crippen molar-refractivity contribution in [3.05, 3.63) is 16.0 Å². The molecule has 1 fully saturated rings. The van der Waals surface area contributed by atoms with Gasteiger partial charge in [-0.2, -0.15) is 0 Å². The van der Waals surface area contributed by atoms with Crippen LogP contribution in [0.25, 0.3) is 0 Å². The third kappa shape index (κ3) is 2.64. The van der Waals surface area contributed by atoms with E-state index in [4.69, 9.17) is 11.6 Å². The molecule has 0 N–H and O–H groups in total. The summed E-state index contributed by atoms with van der Waals surface area (Å²) in [5.41, 5.74) is 0. The third-order valence-electron chi connectivity index (χ3n) is 2.34. The molecule has 0 bridgehead atoms. The fraction of sp³-hybridized carbons (Fsp3) is 0.500. The summed E-state index contributed by atoms with van der Waals surface area (Å²) < 4.78 is 23.0. The van der Waals surface area contributed by atoms with Gasteiger partial charge >= 0.3 is 0 Å². The average molecular weight is 327 g/mol. The van der Waals surface area contributed by atoms with Crippen LogP contribution in [0.5, 0.6) is 0 Å². The van der Waals surface area contributed by atoms with E-state index < -0.39 is 9.84 Å². The zero-order valence-electron chi connectivity index (χ0n) is 8.23. The van der Waals surface area contributed by atoms with Gasteiger partial charge in [-0.15, -0.1) is 0 Å². The minimum atomic E-state index is -2.87. The normalized spacial score (nSPS) is 19.8. The van der Waals surface area contributed by atoms with Crippen molar-refractivity contribution in [2.45, 2.75) is 0 Å². The standard InChI is InChI=1S/C8H9BrClN3O2S/c9-7-8(10)12-6(5-11-7)13-1-3-16(14,15)4-2-13/h5H,1-4H2. The van der Waals surface area contributed by atoms with Gasteiger partial charge in [-0.3, -0.25) is 0 Å². The van der Waals surface area contributed by atoms with E-state index >= 15 is 0 Å². The zero-order chi connectivity index (χ0) is 11.8. The topological polar surface area (TPSA) is 63.2 Å². The van der Waals surface area contributed by atoms with Crippen molar-refractivity contribution in [2.24, 2.45) is 0 Å². The summed E-state index contributed by atoms with van der Waals surface area (Å²) in [6, 6.07) is 0. The fourth-order valence-electron chi connectivity index (χ4n) is 1.44. The van der Waals surface area contributed by atoms with Crippen LogP contribution < -0.4 is 4.90 Å². The third-order valence-corrected chi connectivity index (χ3v) is 5.03. The summed E-state index contributed by atoms with van der Waals surface area (Å²) in [5.74, 6) is 0.924. The van der Waals surface area contributed by atoms with Crippen molar-refractivity contribution in [1.29, 1.82) is 0 Å². The number of rotatable bonds is 1. The van der Waals surface area contributed by atoms with Crippen molar-refractivity contribution in [3.8, 4) is 0 Å². The van der Waals surface area contributed by atoms with Crippen LogP contribution in [0.1, 0.15) is 0 Å². The van der Waals surface area contributed by atoms with Crippen molar-refractivity contribution in [1.82, 2.24) is 9.97 Å². The Morgan fingerprint density at radius 1 is 1.38 bits per heavy atom. The molecule has 0 saturated carbocycles. The van der Waals surface area contributed by atoms with Crippen molar-refractivity contribution < 1.29 is 8.42 Å². The summed E-state index contributed by atoms with van der Waals surface area (Å²) in [4.78, 5) is 10.0. The highest BCUT2D eigenvalue weighted by atomic mass is 79.9. The van der Waals surface area contributed by atoms with E-state index in [2.05, 4.69) is 25.9 Å². The summed E-state index contributed by atoms with van der Waals surface area (Å²) in [7, 11) is -2.87. The molecule has 88 valence electrons. The number of anilines is 1. The molecule has 1 aliphatic rings. The summed E-state index contributed by atoms with van der Waals surface area (Å²) in [6.07, 6.45) is 1.58. The smallest absolute Gasteiger partial charge is 0.164 e. The lowest BCUT2D eigenvalue weighted by Crippen LogP contribution is -2.40. The molecule has 0 spiro atoms. The quantitative estimate of drug-likeness (QED) is 0.774. The van der Waals surface area contributed by atoms with Crippen LogP contribution in [0.4, 0.5) is 5.82 Å². The second-order valence-corrected chi connectivity index (χ2v) is 6.86. The van der Waals surface area contributed by atoms with Gasteiger partial charge in [0.05, 0.1) is 17.7 Å². The van der Waals surface area contributed by atoms with Gasteiger partial charge in [0.15, 0.2) is 15.0 Å². The van der Waals surface area contributed by atoms with Crippen LogP contribution in [-0.2, 0) is 9.84 Å². The van der Waals surface area contributed by atoms with Gasteiger partial charge in [-0.25, -0.2) is 18.4 Å². The molecule has 0 aliphatic carbocycles. The van der Waals surface area contributed by atoms with Crippen molar-refractivity contribution in [2.75, 3.05) is 29.5 Å². The van der Waals surface area contributed by atoms with Gasteiger partial charge in [0.1, 0.15) is 10.4 Å². The molecule has 0 radical (unpaired) electrons. The fourth-order valence-corrected chi connectivity index (χ4v) is 2.96. The predicted octanol–water partition coefficient (Wildman–Crippen LogP) is 1.13. The Labute approximate surface area is 107 Å². The highest BCUT2D eigenvalue weighted by Gasteiger charge is 2.22. The molecule has 16 heavy (non-hydrogen) atoms. The molecule has 1 aromatic rings. The Morgan fingerprint density at radius 2 is 2.00 bits per heavy atom. The van der Waals surface area contributed by atoms with Crippen LogP contribution in [0.3, 0.4) is 0 Å². The molecule has 0 aromatic carbocycles. The van der Waals surface area contributed by atoms with Crippen LogP contribution in [-0.4, -0.2) is 43.0 Å². The monoisotopic (exact) mass is 325 g/mol. The number of hydrogen-bond donors (Lipinski definition) is 0. The van der Waals surface area contributed by atoms with Gasteiger partial charge in [0.2, 0.25) is 0 Å². The number of hydrogen-bond acceptors (Lipinski definition) is 5.